The topological polar surface area (TPSA) is 51.5 Å². The Hall–Kier alpha value is -1.96. The fourth-order valence-electron chi connectivity index (χ4n) is 4.01. The summed E-state index contributed by atoms with van der Waals surface area (Å²) in [5, 5.41) is 3.33. The Bertz CT molecular complexity index is 768. The third kappa shape index (κ3) is 4.48. The molecule has 0 radical (unpaired) electrons. The minimum atomic E-state index is -0.268. The van der Waals surface area contributed by atoms with Gasteiger partial charge in [-0.3, -0.25) is 4.90 Å². The number of rotatable bonds is 5. The van der Waals surface area contributed by atoms with E-state index in [0.717, 1.165) is 44.1 Å². The van der Waals surface area contributed by atoms with Crippen molar-refractivity contribution in [2.45, 2.75) is 18.6 Å². The van der Waals surface area contributed by atoms with Crippen molar-refractivity contribution in [3.63, 3.8) is 0 Å². The maximum absolute atomic E-state index is 13.3. The number of anilines is 1. The molecule has 1 aromatic heterocycles. The molecule has 7 heteroatoms. The van der Waals surface area contributed by atoms with Crippen molar-refractivity contribution in [3.05, 3.63) is 48.3 Å². The number of hydrogen-bond donors (Lipinski definition) is 1. The van der Waals surface area contributed by atoms with Gasteiger partial charge in [-0.25, -0.2) is 9.37 Å². The van der Waals surface area contributed by atoms with E-state index in [9.17, 15) is 4.39 Å². The molecule has 0 aliphatic carbocycles. The second kappa shape index (κ2) is 7.96. The highest BCUT2D eigenvalue weighted by Crippen LogP contribution is 2.33. The number of imidazole rings is 1. The van der Waals surface area contributed by atoms with Gasteiger partial charge >= 0.3 is 0 Å². The summed E-state index contributed by atoms with van der Waals surface area (Å²) in [4.78, 5) is 6.81. The van der Waals surface area contributed by atoms with Crippen molar-refractivity contribution in [1.29, 1.82) is 0 Å². The number of benzene rings is 1. The smallest absolute Gasteiger partial charge is 0.125 e. The summed E-state index contributed by atoms with van der Waals surface area (Å²) in [6, 6.07) is 6.59. The molecule has 1 spiro atoms. The number of ether oxygens (including phenoxy) is 2. The van der Waals surface area contributed by atoms with Crippen molar-refractivity contribution in [2.75, 3.05) is 44.8 Å². The normalized spacial score (nSPS) is 26.4. The summed E-state index contributed by atoms with van der Waals surface area (Å²) in [6.07, 6.45) is 4.74. The van der Waals surface area contributed by atoms with E-state index in [1.807, 2.05) is 25.5 Å². The van der Waals surface area contributed by atoms with Crippen LogP contribution >= 0.6 is 0 Å². The van der Waals surface area contributed by atoms with E-state index in [4.69, 9.17) is 9.47 Å². The molecule has 146 valence electrons. The van der Waals surface area contributed by atoms with Crippen LogP contribution in [0.25, 0.3) is 0 Å². The van der Waals surface area contributed by atoms with Gasteiger partial charge in [-0.1, -0.05) is 6.07 Å². The molecular weight excluding hydrogens is 347 g/mol. The van der Waals surface area contributed by atoms with Gasteiger partial charge in [0.25, 0.3) is 0 Å². The number of hydrogen-bond acceptors (Lipinski definition) is 5. The highest BCUT2D eigenvalue weighted by atomic mass is 19.1. The maximum atomic E-state index is 13.3. The van der Waals surface area contributed by atoms with Gasteiger partial charge in [-0.15, -0.1) is 0 Å². The van der Waals surface area contributed by atoms with Crippen LogP contribution in [0.3, 0.4) is 0 Å². The summed E-state index contributed by atoms with van der Waals surface area (Å²) in [6.45, 7) is 5.32. The van der Waals surface area contributed by atoms with Crippen LogP contribution < -0.4 is 5.32 Å². The molecule has 3 heterocycles. The standard InChI is InChI=1S/C20H27FN4O2/c1-24-6-5-22-19(24)12-25-7-8-26-15-20(14-25)10-16(13-27-20)11-23-18-4-2-3-17(21)9-18/h2-6,9,16,23H,7-8,10-15H2,1H3. The molecular formula is C20H27FN4O2. The van der Waals surface area contributed by atoms with Crippen molar-refractivity contribution < 1.29 is 13.9 Å². The minimum Gasteiger partial charge on any atom is -0.385 e. The summed E-state index contributed by atoms with van der Waals surface area (Å²) >= 11 is 0. The van der Waals surface area contributed by atoms with E-state index in [1.54, 1.807) is 6.07 Å². The Kier molecular flexibility index (Phi) is 5.43. The van der Waals surface area contributed by atoms with Crippen molar-refractivity contribution in [1.82, 2.24) is 14.5 Å². The van der Waals surface area contributed by atoms with Gasteiger partial charge in [0, 0.05) is 50.7 Å². The molecule has 0 amide bonds. The molecule has 2 fully saturated rings. The van der Waals surface area contributed by atoms with Crippen LogP contribution in [0.2, 0.25) is 0 Å². The summed E-state index contributed by atoms with van der Waals surface area (Å²) < 4.78 is 27.5. The van der Waals surface area contributed by atoms with Crippen molar-refractivity contribution in [3.8, 4) is 0 Å². The molecule has 2 atom stereocenters. The molecule has 1 N–H and O–H groups in total. The lowest BCUT2D eigenvalue weighted by atomic mass is 9.94. The highest BCUT2D eigenvalue weighted by molar-refractivity contribution is 5.43. The largest absolute Gasteiger partial charge is 0.385 e. The van der Waals surface area contributed by atoms with Gasteiger partial charge in [0.1, 0.15) is 17.2 Å². The molecule has 1 aromatic carbocycles. The molecule has 4 rings (SSSR count). The van der Waals surface area contributed by atoms with Crippen LogP contribution in [0, 0.1) is 11.7 Å². The Morgan fingerprint density at radius 3 is 3.15 bits per heavy atom. The monoisotopic (exact) mass is 374 g/mol. The van der Waals surface area contributed by atoms with Gasteiger partial charge in [-0.2, -0.15) is 0 Å². The van der Waals surface area contributed by atoms with E-state index in [-0.39, 0.29) is 11.4 Å². The lowest BCUT2D eigenvalue weighted by molar-refractivity contribution is -0.0564. The third-order valence-electron chi connectivity index (χ3n) is 5.42. The second-order valence-electron chi connectivity index (χ2n) is 7.67. The van der Waals surface area contributed by atoms with Crippen LogP contribution in [-0.2, 0) is 23.1 Å². The molecule has 6 nitrogen and oxygen atoms in total. The molecule has 0 bridgehead atoms. The van der Waals surface area contributed by atoms with Gasteiger partial charge in [0.15, 0.2) is 0 Å². The first-order valence-electron chi connectivity index (χ1n) is 9.52. The predicted octanol–water partition coefficient (Wildman–Crippen LogP) is 2.28. The van der Waals surface area contributed by atoms with Crippen LogP contribution in [0.1, 0.15) is 12.2 Å². The zero-order chi connectivity index (χ0) is 18.7. The van der Waals surface area contributed by atoms with Crippen LogP contribution in [-0.4, -0.2) is 59.5 Å². The SMILES string of the molecule is Cn1ccnc1CN1CCOCC2(CC(CNc3cccc(F)c3)CO2)C1. The first-order valence-corrected chi connectivity index (χ1v) is 9.52. The van der Waals surface area contributed by atoms with Crippen molar-refractivity contribution in [2.24, 2.45) is 13.0 Å². The fourth-order valence-corrected chi connectivity index (χ4v) is 4.01. The summed E-state index contributed by atoms with van der Waals surface area (Å²) in [5.41, 5.74) is 0.542. The molecule has 2 unspecified atom stereocenters. The van der Waals surface area contributed by atoms with E-state index in [0.29, 0.717) is 25.7 Å². The van der Waals surface area contributed by atoms with Gasteiger partial charge in [-0.05, 0) is 24.6 Å². The number of aromatic nitrogens is 2. The first-order chi connectivity index (χ1) is 13.1. The van der Waals surface area contributed by atoms with Crippen LogP contribution in [0.4, 0.5) is 10.1 Å². The van der Waals surface area contributed by atoms with Gasteiger partial charge in [0.2, 0.25) is 0 Å². The molecule has 27 heavy (non-hydrogen) atoms. The Balaban J connectivity index is 1.35. The van der Waals surface area contributed by atoms with Crippen LogP contribution in [0.15, 0.2) is 36.7 Å². The van der Waals surface area contributed by atoms with E-state index in [1.165, 1.54) is 12.1 Å². The lowest BCUT2D eigenvalue weighted by Crippen LogP contribution is -2.44. The summed E-state index contributed by atoms with van der Waals surface area (Å²) in [7, 11) is 2.02. The van der Waals surface area contributed by atoms with Gasteiger partial charge < -0.3 is 19.4 Å². The van der Waals surface area contributed by atoms with E-state index in [2.05, 4.69) is 19.8 Å². The van der Waals surface area contributed by atoms with E-state index >= 15 is 0 Å². The number of halogens is 1. The van der Waals surface area contributed by atoms with Crippen LogP contribution in [0.5, 0.6) is 0 Å². The third-order valence-corrected chi connectivity index (χ3v) is 5.42. The summed E-state index contributed by atoms with van der Waals surface area (Å²) in [5.74, 6) is 1.21. The quantitative estimate of drug-likeness (QED) is 0.870. The molecule has 2 aromatic rings. The molecule has 0 saturated carbocycles. The van der Waals surface area contributed by atoms with Crippen molar-refractivity contribution >= 4 is 5.69 Å². The average Bonchev–Trinajstić information content (AvgIpc) is 3.17. The zero-order valence-electron chi connectivity index (χ0n) is 15.7. The number of nitrogens with one attached hydrogen (secondary N) is 1. The molecule has 2 saturated heterocycles. The van der Waals surface area contributed by atoms with E-state index < -0.39 is 0 Å². The predicted molar refractivity (Wildman–Crippen MR) is 101 cm³/mol. The average molecular weight is 374 g/mol. The molecule has 2 aliphatic rings. The number of nitrogens with zero attached hydrogens (tertiary/aromatic N) is 3. The lowest BCUT2D eigenvalue weighted by Gasteiger charge is -2.31. The fraction of sp³-hybridized carbons (Fsp3) is 0.550. The maximum Gasteiger partial charge on any atom is 0.125 e. The highest BCUT2D eigenvalue weighted by Gasteiger charge is 2.43. The first kappa shape index (κ1) is 18.4. The Morgan fingerprint density at radius 2 is 2.33 bits per heavy atom. The Labute approximate surface area is 159 Å². The second-order valence-corrected chi connectivity index (χ2v) is 7.67. The Morgan fingerprint density at radius 1 is 1.41 bits per heavy atom. The molecule has 2 aliphatic heterocycles. The minimum absolute atomic E-state index is 0.221. The zero-order valence-corrected chi connectivity index (χ0v) is 15.7. The number of aryl methyl sites for hydroxylation is 1. The van der Waals surface area contributed by atoms with Gasteiger partial charge in [0.05, 0.1) is 26.4 Å².